The van der Waals surface area contributed by atoms with Gasteiger partial charge in [-0.3, -0.25) is 0 Å². The molecule has 0 heterocycles. The van der Waals surface area contributed by atoms with Gasteiger partial charge in [0.05, 0.1) is 13.5 Å². The van der Waals surface area contributed by atoms with E-state index in [1.807, 2.05) is 0 Å². The molecule has 1 rings (SSSR count). The van der Waals surface area contributed by atoms with Gasteiger partial charge in [0.1, 0.15) is 0 Å². The molecule has 0 spiro atoms. The lowest BCUT2D eigenvalue weighted by Crippen LogP contribution is -2.24. The van der Waals surface area contributed by atoms with Crippen LogP contribution in [0, 0.1) is 0 Å². The fraction of sp³-hybridized carbons (Fsp3) is 0.500. The molecule has 0 atom stereocenters. The second kappa shape index (κ2) is 6.34. The van der Waals surface area contributed by atoms with Crippen LogP contribution >= 0.6 is 11.6 Å². The number of rotatable bonds is 5. The van der Waals surface area contributed by atoms with Crippen LogP contribution in [0.5, 0.6) is 11.5 Å². The van der Waals surface area contributed by atoms with Crippen molar-refractivity contribution < 1.29 is 23.0 Å². The van der Waals surface area contributed by atoms with Gasteiger partial charge in [0.15, 0.2) is 11.5 Å². The number of nitrogens with zero attached hydrogens (tertiary/aromatic N) is 1. The highest BCUT2D eigenvalue weighted by Gasteiger charge is 2.27. The van der Waals surface area contributed by atoms with Gasteiger partial charge >= 0.3 is 6.18 Å². The number of halogens is 4. The molecule has 0 saturated heterocycles. The normalized spacial score (nSPS) is 11.9. The number of phenolic OH excluding ortho intramolecular Hbond substituents is 1. The standard InChI is InChI=1S/C12H15ClF3NO2/c1-17(4-3-12(14,15)16)7-8-5-9(13)6-10(19-2)11(8)18/h5-6,18H,3-4,7H2,1-2H3. The zero-order valence-corrected chi connectivity index (χ0v) is 11.3. The maximum absolute atomic E-state index is 12.1. The molecule has 0 amide bonds. The van der Waals surface area contributed by atoms with E-state index >= 15 is 0 Å². The molecular formula is C12H15ClF3NO2. The number of hydrogen-bond acceptors (Lipinski definition) is 3. The van der Waals surface area contributed by atoms with Crippen molar-refractivity contribution in [2.75, 3.05) is 20.7 Å². The molecule has 1 aromatic carbocycles. The Bertz CT molecular complexity index is 438. The second-order valence-corrected chi connectivity index (χ2v) is 4.66. The first-order valence-corrected chi connectivity index (χ1v) is 5.91. The first-order chi connectivity index (χ1) is 8.73. The van der Waals surface area contributed by atoms with Crippen molar-refractivity contribution in [1.82, 2.24) is 4.90 Å². The summed E-state index contributed by atoms with van der Waals surface area (Å²) < 4.78 is 41.2. The van der Waals surface area contributed by atoms with E-state index in [1.165, 1.54) is 24.1 Å². The van der Waals surface area contributed by atoms with Gasteiger partial charge in [-0.05, 0) is 13.1 Å². The Kier molecular flexibility index (Phi) is 5.31. The molecule has 0 aliphatic rings. The van der Waals surface area contributed by atoms with Gasteiger partial charge in [-0.25, -0.2) is 0 Å². The first-order valence-electron chi connectivity index (χ1n) is 5.53. The molecule has 108 valence electrons. The van der Waals surface area contributed by atoms with Gasteiger partial charge in [0, 0.05) is 29.7 Å². The number of hydrogen-bond donors (Lipinski definition) is 1. The lowest BCUT2D eigenvalue weighted by molar-refractivity contribution is -0.137. The SMILES string of the molecule is COc1cc(Cl)cc(CN(C)CCC(F)(F)F)c1O. The van der Waals surface area contributed by atoms with Crippen LogP contribution in [0.4, 0.5) is 13.2 Å². The second-order valence-electron chi connectivity index (χ2n) is 4.22. The van der Waals surface area contributed by atoms with Crippen LogP contribution in [0.1, 0.15) is 12.0 Å². The minimum Gasteiger partial charge on any atom is -0.504 e. The Morgan fingerprint density at radius 3 is 2.53 bits per heavy atom. The van der Waals surface area contributed by atoms with Crippen LogP contribution < -0.4 is 4.74 Å². The van der Waals surface area contributed by atoms with E-state index in [-0.39, 0.29) is 24.6 Å². The van der Waals surface area contributed by atoms with Crippen LogP contribution in [-0.4, -0.2) is 36.9 Å². The summed E-state index contributed by atoms with van der Waals surface area (Å²) in [5.74, 6) is 0.0949. The average molecular weight is 298 g/mol. The molecule has 0 aliphatic carbocycles. The third-order valence-corrected chi connectivity index (χ3v) is 2.77. The van der Waals surface area contributed by atoms with Crippen molar-refractivity contribution >= 4 is 11.6 Å². The minimum absolute atomic E-state index is 0.106. The molecule has 19 heavy (non-hydrogen) atoms. The van der Waals surface area contributed by atoms with Crippen molar-refractivity contribution in [2.45, 2.75) is 19.1 Å². The van der Waals surface area contributed by atoms with Gasteiger partial charge in [0.25, 0.3) is 0 Å². The monoisotopic (exact) mass is 297 g/mol. The summed E-state index contributed by atoms with van der Waals surface area (Å²) in [6.07, 6.45) is -5.09. The summed E-state index contributed by atoms with van der Waals surface area (Å²) in [6, 6.07) is 2.94. The van der Waals surface area contributed by atoms with Gasteiger partial charge in [-0.15, -0.1) is 0 Å². The summed E-state index contributed by atoms with van der Waals surface area (Å²) in [6.45, 7) is -0.00337. The van der Waals surface area contributed by atoms with Crippen molar-refractivity contribution in [3.05, 3.63) is 22.7 Å². The Morgan fingerprint density at radius 2 is 2.00 bits per heavy atom. The fourth-order valence-electron chi connectivity index (χ4n) is 1.59. The van der Waals surface area contributed by atoms with Crippen molar-refractivity contribution in [3.8, 4) is 11.5 Å². The number of phenols is 1. The fourth-order valence-corrected chi connectivity index (χ4v) is 1.82. The van der Waals surface area contributed by atoms with E-state index in [0.29, 0.717) is 10.6 Å². The van der Waals surface area contributed by atoms with Crippen molar-refractivity contribution in [3.63, 3.8) is 0 Å². The third-order valence-electron chi connectivity index (χ3n) is 2.56. The molecule has 0 bridgehead atoms. The highest BCUT2D eigenvalue weighted by Crippen LogP contribution is 2.34. The molecule has 1 aromatic rings. The molecule has 0 unspecified atom stereocenters. The number of aromatic hydroxyl groups is 1. The topological polar surface area (TPSA) is 32.7 Å². The lowest BCUT2D eigenvalue weighted by Gasteiger charge is -2.19. The molecule has 1 N–H and O–H groups in total. The molecule has 3 nitrogen and oxygen atoms in total. The summed E-state index contributed by atoms with van der Waals surface area (Å²) >= 11 is 5.84. The average Bonchev–Trinajstić information content (AvgIpc) is 2.30. The highest BCUT2D eigenvalue weighted by atomic mass is 35.5. The van der Waals surface area contributed by atoms with Gasteiger partial charge < -0.3 is 14.7 Å². The van der Waals surface area contributed by atoms with Crippen LogP contribution in [0.25, 0.3) is 0 Å². The van der Waals surface area contributed by atoms with Crippen LogP contribution in [0.15, 0.2) is 12.1 Å². The number of ether oxygens (including phenoxy) is 1. The molecule has 0 radical (unpaired) electrons. The Morgan fingerprint density at radius 1 is 1.37 bits per heavy atom. The molecule has 0 fully saturated rings. The Hall–Kier alpha value is -1.14. The molecule has 7 heteroatoms. The van der Waals surface area contributed by atoms with E-state index < -0.39 is 12.6 Å². The third kappa shape index (κ3) is 5.16. The predicted molar refractivity (Wildman–Crippen MR) is 66.7 cm³/mol. The maximum Gasteiger partial charge on any atom is 0.390 e. The maximum atomic E-state index is 12.1. The number of benzene rings is 1. The zero-order chi connectivity index (χ0) is 14.6. The molecule has 0 aliphatic heterocycles. The Balaban J connectivity index is 2.74. The summed E-state index contributed by atoms with van der Waals surface area (Å²) in [5, 5.41) is 10.2. The van der Waals surface area contributed by atoms with E-state index in [1.54, 1.807) is 7.05 Å². The van der Waals surface area contributed by atoms with Crippen LogP contribution in [0.2, 0.25) is 5.02 Å². The largest absolute Gasteiger partial charge is 0.504 e. The van der Waals surface area contributed by atoms with E-state index in [4.69, 9.17) is 16.3 Å². The van der Waals surface area contributed by atoms with Gasteiger partial charge in [-0.2, -0.15) is 13.2 Å². The zero-order valence-electron chi connectivity index (χ0n) is 10.6. The highest BCUT2D eigenvalue weighted by molar-refractivity contribution is 6.30. The lowest BCUT2D eigenvalue weighted by atomic mass is 10.1. The molecule has 0 aromatic heterocycles. The molecular weight excluding hydrogens is 283 g/mol. The van der Waals surface area contributed by atoms with E-state index in [2.05, 4.69) is 0 Å². The Labute approximate surface area is 114 Å². The first kappa shape index (κ1) is 15.9. The van der Waals surface area contributed by atoms with Gasteiger partial charge in [0.2, 0.25) is 0 Å². The van der Waals surface area contributed by atoms with Crippen molar-refractivity contribution in [1.29, 1.82) is 0 Å². The summed E-state index contributed by atoms with van der Waals surface area (Å²) in [7, 11) is 2.92. The smallest absolute Gasteiger partial charge is 0.390 e. The number of alkyl halides is 3. The quantitative estimate of drug-likeness (QED) is 0.903. The number of methoxy groups -OCH3 is 1. The summed E-state index contributed by atoms with van der Waals surface area (Å²) in [5.41, 5.74) is 0.425. The predicted octanol–water partition coefficient (Wildman–Crippen LogP) is 3.44. The van der Waals surface area contributed by atoms with E-state index in [9.17, 15) is 18.3 Å². The van der Waals surface area contributed by atoms with E-state index in [0.717, 1.165) is 0 Å². The van der Waals surface area contributed by atoms with Crippen LogP contribution in [0.3, 0.4) is 0 Å². The van der Waals surface area contributed by atoms with Crippen molar-refractivity contribution in [2.24, 2.45) is 0 Å². The summed E-state index contributed by atoms with van der Waals surface area (Å²) in [4.78, 5) is 1.46. The minimum atomic E-state index is -4.19. The molecule has 0 saturated carbocycles. The van der Waals surface area contributed by atoms with Crippen LogP contribution in [-0.2, 0) is 6.54 Å². The van der Waals surface area contributed by atoms with Gasteiger partial charge in [-0.1, -0.05) is 11.6 Å².